The molecule has 5 aliphatic carbocycles. The molecular formula is C108H130N2O4. The van der Waals surface area contributed by atoms with Gasteiger partial charge in [-0.2, -0.15) is 0 Å². The van der Waals surface area contributed by atoms with Crippen molar-refractivity contribution in [3.8, 4) is 56.0 Å². The first kappa shape index (κ1) is 80.5. The molecule has 10 aromatic rings. The van der Waals surface area contributed by atoms with Crippen molar-refractivity contribution in [2.45, 2.75) is 307 Å². The zero-order valence-electron chi connectivity index (χ0n) is 71.8. The van der Waals surface area contributed by atoms with Gasteiger partial charge in [-0.15, -0.1) is 0 Å². The number of fused-ring (bicyclic) bond motifs is 4. The van der Waals surface area contributed by atoms with Gasteiger partial charge >= 0.3 is 0 Å². The van der Waals surface area contributed by atoms with Gasteiger partial charge in [-0.3, -0.25) is 0 Å². The van der Waals surface area contributed by atoms with Crippen LogP contribution in [0, 0.1) is 0 Å². The van der Waals surface area contributed by atoms with Crippen molar-refractivity contribution in [2.75, 3.05) is 9.80 Å². The quantitative estimate of drug-likeness (QED) is 0.0391. The van der Waals surface area contributed by atoms with E-state index in [4.69, 9.17) is 0 Å². The molecule has 4 N–H and O–H groups in total. The zero-order chi connectivity index (χ0) is 80.7. The van der Waals surface area contributed by atoms with Crippen molar-refractivity contribution >= 4 is 34.1 Å². The Hall–Kier alpha value is -8.68. The molecule has 0 bridgehead atoms. The highest BCUT2D eigenvalue weighted by molar-refractivity contribution is 5.86. The van der Waals surface area contributed by atoms with E-state index in [-0.39, 0.29) is 54.8 Å². The van der Waals surface area contributed by atoms with Crippen molar-refractivity contribution in [1.29, 1.82) is 0 Å². The zero-order valence-corrected chi connectivity index (χ0v) is 71.8. The van der Waals surface area contributed by atoms with Crippen LogP contribution in [0.1, 0.15) is 307 Å². The van der Waals surface area contributed by atoms with E-state index in [1.165, 1.54) is 140 Å². The Balaban J connectivity index is 0.764. The largest absolute Gasteiger partial charge is 0.508 e. The van der Waals surface area contributed by atoms with Crippen LogP contribution in [0.15, 0.2) is 206 Å². The van der Waals surface area contributed by atoms with E-state index in [2.05, 4.69) is 290 Å². The van der Waals surface area contributed by atoms with E-state index < -0.39 is 24.0 Å². The van der Waals surface area contributed by atoms with Crippen molar-refractivity contribution in [3.63, 3.8) is 0 Å². The highest BCUT2D eigenvalue weighted by atomic mass is 16.3. The van der Waals surface area contributed by atoms with Crippen LogP contribution in [0.3, 0.4) is 0 Å². The lowest BCUT2D eigenvalue weighted by Gasteiger charge is -2.47. The van der Waals surface area contributed by atoms with E-state index in [1.807, 2.05) is 24.3 Å². The fraction of sp³-hybridized carbons (Fsp3) is 0.444. The molecule has 10 aromatic carbocycles. The first-order chi connectivity index (χ1) is 54.7. The van der Waals surface area contributed by atoms with Crippen LogP contribution in [0.2, 0.25) is 0 Å². The Morgan fingerprint density at radius 2 is 0.509 bits per heavy atom. The van der Waals surface area contributed by atoms with Crippen LogP contribution < -0.4 is 9.80 Å². The first-order valence-corrected chi connectivity index (χ1v) is 44.3. The highest BCUT2D eigenvalue weighted by Gasteiger charge is 2.54. The lowest BCUT2D eigenvalue weighted by atomic mass is 9.63. The van der Waals surface area contributed by atoms with Gasteiger partial charge in [-0.25, -0.2) is 0 Å². The molecule has 5 aliphatic rings. The Labute approximate surface area is 684 Å². The summed E-state index contributed by atoms with van der Waals surface area (Å²) in [5.74, 6) is -1.68. The van der Waals surface area contributed by atoms with Gasteiger partial charge in [0.05, 0.1) is 12.2 Å². The molecule has 0 amide bonds. The van der Waals surface area contributed by atoms with Crippen LogP contribution in [0.25, 0.3) is 44.5 Å². The molecule has 0 spiro atoms. The number of aliphatic hydroxyl groups excluding tert-OH is 2. The molecule has 0 heterocycles. The number of aliphatic hydroxyl groups is 2. The summed E-state index contributed by atoms with van der Waals surface area (Å²) >= 11 is 0. The fourth-order valence-electron chi connectivity index (χ4n) is 25.4. The lowest BCUT2D eigenvalue weighted by Crippen LogP contribution is -2.51. The summed E-state index contributed by atoms with van der Waals surface area (Å²) in [4.78, 5) is 4.45. The average Bonchev–Trinajstić information content (AvgIpc) is 1.10. The number of aromatic hydroxyl groups is 2. The Morgan fingerprint density at radius 1 is 0.272 bits per heavy atom. The number of phenolic OH excluding ortho intramolecular Hbond substituents is 2. The number of benzene rings is 10. The summed E-state index contributed by atoms with van der Waals surface area (Å²) in [6, 6.07) is 75.5. The third kappa shape index (κ3) is 13.7. The Kier molecular flexibility index (Phi) is 21.9. The van der Waals surface area contributed by atoms with Gasteiger partial charge in [0, 0.05) is 69.2 Å². The van der Waals surface area contributed by atoms with Crippen LogP contribution in [-0.2, 0) is 43.3 Å². The molecule has 596 valence electrons. The minimum absolute atomic E-state index is 0.0121. The Morgan fingerprint density at radius 3 is 0.772 bits per heavy atom. The van der Waals surface area contributed by atoms with Gasteiger partial charge in [-0.05, 0) is 270 Å². The standard InChI is InChI=1S/C108H130N2O4/c1-17-57-105(58-18-2)68-102(11,12)95-81(29-26-34-88(95)105)71-37-45-75(46-38-71)109(76-47-39-72(40-48-76)82-30-27-35-89-96(82)103(13,14)69-106(89,59-19-3)60-20-4)79-53-55-85(91(111)65-79)93-99(113)94(100(93)114)86-56-54-80(66-92(86)112)110(77-49-41-73(42-50-77)83-31-28-36-90-97(83)104(15,16)70-107(90,61-21-5)62-22-6)78-51-43-74(44-52-78)84-32-25-33-87-98(84)108(63-23-7,64-24-8)67-101(87,9)10/h25-56,65-66,93-94,99-100,111-114H,17-24,57-64,67-70H2,1-16H3. The molecule has 15 rings (SSSR count). The third-order valence-corrected chi connectivity index (χ3v) is 28.7. The van der Waals surface area contributed by atoms with Crippen molar-refractivity contribution in [1.82, 2.24) is 0 Å². The molecule has 2 unspecified atom stereocenters. The summed E-state index contributed by atoms with van der Waals surface area (Å²) in [7, 11) is 0. The topological polar surface area (TPSA) is 87.4 Å². The number of rotatable bonds is 28. The van der Waals surface area contributed by atoms with Gasteiger partial charge in [0.2, 0.25) is 0 Å². The van der Waals surface area contributed by atoms with E-state index >= 15 is 0 Å². The highest BCUT2D eigenvalue weighted by Crippen LogP contribution is 2.63. The van der Waals surface area contributed by atoms with Crippen molar-refractivity contribution < 1.29 is 20.4 Å². The molecule has 1 saturated carbocycles. The fourth-order valence-corrected chi connectivity index (χ4v) is 25.4. The number of anilines is 6. The van der Waals surface area contributed by atoms with Crippen molar-refractivity contribution in [3.05, 3.63) is 262 Å². The first-order valence-electron chi connectivity index (χ1n) is 44.3. The molecule has 0 saturated heterocycles. The SMILES string of the molecule is CCCC1(CCC)CC(C)(C)c2c(-c3ccc(N(c4ccc(-c5cccc6c5C(C)(C)CC6(CCC)CCC)cc4)c4ccc(C5C(O)C(c6ccc(N(c7ccc(-c8cccc9c8C(C)(C)CC9(CCC)CCC)cc7)c7ccc(-c8cccc9c8C(CCC)(CCC)CC9(C)C)cc7)cc6O)C5O)c(O)c4)cc3)cccc21. The molecule has 0 aromatic heterocycles. The molecular weight excluding hydrogens is 1390 g/mol. The second kappa shape index (κ2) is 31.1. The minimum atomic E-state index is -1.12. The summed E-state index contributed by atoms with van der Waals surface area (Å²) in [6.07, 6.45) is 21.1. The van der Waals surface area contributed by atoms with Crippen LogP contribution >= 0.6 is 0 Å². The second-order valence-corrected chi connectivity index (χ2v) is 38.7. The molecule has 6 nitrogen and oxygen atoms in total. The van der Waals surface area contributed by atoms with Crippen LogP contribution in [-0.4, -0.2) is 32.6 Å². The third-order valence-electron chi connectivity index (χ3n) is 28.7. The summed E-state index contributed by atoms with van der Waals surface area (Å²) in [5, 5.41) is 50.2. The molecule has 1 fully saturated rings. The summed E-state index contributed by atoms with van der Waals surface area (Å²) in [5.41, 5.74) is 28.9. The predicted octanol–water partition coefficient (Wildman–Crippen LogP) is 29.4. The van der Waals surface area contributed by atoms with E-state index in [1.54, 1.807) is 12.1 Å². The predicted molar refractivity (Wildman–Crippen MR) is 481 cm³/mol. The maximum absolute atomic E-state index is 12.5. The minimum Gasteiger partial charge on any atom is -0.508 e. The summed E-state index contributed by atoms with van der Waals surface area (Å²) < 4.78 is 0. The van der Waals surface area contributed by atoms with Crippen LogP contribution in [0.4, 0.5) is 34.1 Å². The molecule has 114 heavy (non-hydrogen) atoms. The number of nitrogens with zero attached hydrogens (tertiary/aromatic N) is 2. The molecule has 0 radical (unpaired) electrons. The second-order valence-electron chi connectivity index (χ2n) is 38.7. The molecule has 0 aliphatic heterocycles. The maximum atomic E-state index is 12.5. The van der Waals surface area contributed by atoms with Gasteiger partial charge in [0.1, 0.15) is 11.5 Å². The number of hydrogen-bond acceptors (Lipinski definition) is 6. The van der Waals surface area contributed by atoms with Gasteiger partial charge in [-0.1, -0.05) is 296 Å². The van der Waals surface area contributed by atoms with E-state index in [9.17, 15) is 20.4 Å². The smallest absolute Gasteiger partial charge is 0.121 e. The summed E-state index contributed by atoms with van der Waals surface area (Å²) in [6.45, 7) is 38.3. The normalized spacial score (nSPS) is 20.4. The maximum Gasteiger partial charge on any atom is 0.121 e. The average molecular weight is 1520 g/mol. The van der Waals surface area contributed by atoms with Gasteiger partial charge < -0.3 is 30.2 Å². The number of phenols is 2. The monoisotopic (exact) mass is 1520 g/mol. The molecule has 6 heteroatoms. The van der Waals surface area contributed by atoms with Crippen molar-refractivity contribution in [2.24, 2.45) is 0 Å². The van der Waals surface area contributed by atoms with Gasteiger partial charge in [0.15, 0.2) is 0 Å². The number of hydrogen-bond donors (Lipinski definition) is 4. The van der Waals surface area contributed by atoms with E-state index in [0.717, 1.165) is 111 Å². The Bertz CT molecular complexity index is 4970. The lowest BCUT2D eigenvalue weighted by molar-refractivity contribution is -0.0797. The van der Waals surface area contributed by atoms with E-state index in [0.29, 0.717) is 11.1 Å². The van der Waals surface area contributed by atoms with Gasteiger partial charge in [0.25, 0.3) is 0 Å². The van der Waals surface area contributed by atoms with Crippen LogP contribution in [0.5, 0.6) is 11.5 Å². The molecule has 2 atom stereocenters.